The molecule has 0 radical (unpaired) electrons. The number of aryl methyl sites for hydroxylation is 1. The Labute approximate surface area is 140 Å². The van der Waals surface area contributed by atoms with E-state index in [1.807, 2.05) is 62.3 Å². The third kappa shape index (κ3) is 4.68. The minimum Gasteiger partial charge on any atom is -0.376 e. The van der Waals surface area contributed by atoms with Crippen molar-refractivity contribution in [3.05, 3.63) is 53.1 Å². The van der Waals surface area contributed by atoms with Crippen LogP contribution in [0.25, 0.3) is 0 Å². The van der Waals surface area contributed by atoms with Crippen molar-refractivity contribution in [2.24, 2.45) is 0 Å². The number of carbonyl (C=O) groups excluding carboxylic acids is 1. The molecule has 0 aliphatic heterocycles. The summed E-state index contributed by atoms with van der Waals surface area (Å²) in [5.41, 5.74) is 2.87. The van der Waals surface area contributed by atoms with Gasteiger partial charge in [-0.05, 0) is 37.3 Å². The fourth-order valence-corrected chi connectivity index (χ4v) is 2.84. The van der Waals surface area contributed by atoms with E-state index in [9.17, 15) is 4.79 Å². The summed E-state index contributed by atoms with van der Waals surface area (Å²) in [5, 5.41) is 3.53. The van der Waals surface area contributed by atoms with E-state index < -0.39 is 0 Å². The van der Waals surface area contributed by atoms with Crippen LogP contribution in [0, 0.1) is 6.92 Å². The van der Waals surface area contributed by atoms with Crippen LogP contribution in [-0.4, -0.2) is 25.8 Å². The van der Waals surface area contributed by atoms with Crippen molar-refractivity contribution in [3.8, 4) is 0 Å². The molecular formula is C17H19ClN2OS. The molecule has 116 valence electrons. The smallest absolute Gasteiger partial charge is 0.234 e. The Balaban J connectivity index is 2.00. The molecule has 22 heavy (non-hydrogen) atoms. The number of hydrogen-bond acceptors (Lipinski definition) is 3. The Morgan fingerprint density at radius 3 is 2.50 bits per heavy atom. The summed E-state index contributed by atoms with van der Waals surface area (Å²) in [7, 11) is 3.86. The van der Waals surface area contributed by atoms with E-state index in [1.54, 1.807) is 6.07 Å². The van der Waals surface area contributed by atoms with Gasteiger partial charge in [0.1, 0.15) is 0 Å². The Morgan fingerprint density at radius 2 is 1.86 bits per heavy atom. The molecule has 0 saturated carbocycles. The number of thioether (sulfide) groups is 1. The molecule has 0 fully saturated rings. The molecule has 0 aromatic heterocycles. The van der Waals surface area contributed by atoms with Gasteiger partial charge in [-0.3, -0.25) is 4.79 Å². The van der Waals surface area contributed by atoms with Gasteiger partial charge in [0.15, 0.2) is 0 Å². The number of rotatable bonds is 5. The maximum Gasteiger partial charge on any atom is 0.234 e. The van der Waals surface area contributed by atoms with E-state index >= 15 is 0 Å². The zero-order chi connectivity index (χ0) is 16.1. The lowest BCUT2D eigenvalue weighted by Crippen LogP contribution is -2.18. The van der Waals surface area contributed by atoms with E-state index in [1.165, 1.54) is 17.3 Å². The fourth-order valence-electron chi connectivity index (χ4n) is 1.97. The number of halogens is 1. The van der Waals surface area contributed by atoms with Crippen LogP contribution in [0.15, 0.2) is 47.4 Å². The van der Waals surface area contributed by atoms with Crippen molar-refractivity contribution in [2.45, 2.75) is 11.8 Å². The molecule has 2 aromatic rings. The highest BCUT2D eigenvalue weighted by molar-refractivity contribution is 8.00. The highest BCUT2D eigenvalue weighted by atomic mass is 35.5. The molecule has 5 heteroatoms. The van der Waals surface area contributed by atoms with Crippen molar-refractivity contribution in [1.29, 1.82) is 0 Å². The van der Waals surface area contributed by atoms with Crippen LogP contribution in [-0.2, 0) is 4.79 Å². The first-order valence-corrected chi connectivity index (χ1v) is 8.28. The van der Waals surface area contributed by atoms with Gasteiger partial charge in [-0.15, -0.1) is 11.8 Å². The molecule has 0 spiro atoms. The minimum absolute atomic E-state index is 0.0454. The molecule has 2 rings (SSSR count). The lowest BCUT2D eigenvalue weighted by Gasteiger charge is -2.18. The molecule has 1 N–H and O–H groups in total. The Kier molecular flexibility index (Phi) is 5.75. The summed E-state index contributed by atoms with van der Waals surface area (Å²) in [6.45, 7) is 2.04. The largest absolute Gasteiger partial charge is 0.376 e. The first kappa shape index (κ1) is 16.7. The van der Waals surface area contributed by atoms with Gasteiger partial charge in [-0.1, -0.05) is 29.3 Å². The van der Waals surface area contributed by atoms with Gasteiger partial charge in [0.05, 0.1) is 17.1 Å². The first-order valence-electron chi connectivity index (χ1n) is 6.92. The molecule has 0 aliphatic rings. The van der Waals surface area contributed by atoms with Crippen LogP contribution in [0.5, 0.6) is 0 Å². The second kappa shape index (κ2) is 7.56. The highest BCUT2D eigenvalue weighted by Gasteiger charge is 2.09. The zero-order valence-electron chi connectivity index (χ0n) is 12.9. The van der Waals surface area contributed by atoms with Crippen LogP contribution in [0.3, 0.4) is 0 Å². The first-order chi connectivity index (χ1) is 10.5. The second-order valence-electron chi connectivity index (χ2n) is 5.21. The second-order valence-corrected chi connectivity index (χ2v) is 6.69. The third-order valence-corrected chi connectivity index (χ3v) is 4.35. The van der Waals surface area contributed by atoms with Gasteiger partial charge in [-0.2, -0.15) is 0 Å². The standard InChI is InChI=1S/C17H19ClN2OS/c1-12-4-7-14(8-5-12)22-11-17(21)19-15-10-13(18)6-9-16(15)20(2)3/h4-10H,11H2,1-3H3,(H,19,21). The molecule has 0 unspecified atom stereocenters. The maximum atomic E-state index is 12.1. The summed E-state index contributed by atoms with van der Waals surface area (Å²) in [4.78, 5) is 15.2. The molecule has 0 bridgehead atoms. The van der Waals surface area contributed by atoms with Crippen LogP contribution >= 0.6 is 23.4 Å². The third-order valence-electron chi connectivity index (χ3n) is 3.11. The molecule has 0 saturated heterocycles. The Bertz CT molecular complexity index is 656. The number of anilines is 2. The Hall–Kier alpha value is -1.65. The van der Waals surface area contributed by atoms with E-state index in [0.29, 0.717) is 10.8 Å². The van der Waals surface area contributed by atoms with Crippen LogP contribution in [0.2, 0.25) is 5.02 Å². The van der Waals surface area contributed by atoms with Gasteiger partial charge in [-0.25, -0.2) is 0 Å². The summed E-state index contributed by atoms with van der Waals surface area (Å²) >= 11 is 7.53. The van der Waals surface area contributed by atoms with Crippen molar-refractivity contribution in [2.75, 3.05) is 30.1 Å². The maximum absolute atomic E-state index is 12.1. The average molecular weight is 335 g/mol. The molecule has 0 atom stereocenters. The number of amides is 1. The molecule has 0 aliphatic carbocycles. The van der Waals surface area contributed by atoms with E-state index in [0.717, 1.165) is 16.3 Å². The van der Waals surface area contributed by atoms with Crippen molar-refractivity contribution >= 4 is 40.6 Å². The SMILES string of the molecule is Cc1ccc(SCC(=O)Nc2cc(Cl)ccc2N(C)C)cc1. The average Bonchev–Trinajstić information content (AvgIpc) is 2.46. The quantitative estimate of drug-likeness (QED) is 0.820. The fraction of sp³-hybridized carbons (Fsp3) is 0.235. The molecule has 1 amide bonds. The van der Waals surface area contributed by atoms with Gasteiger partial charge in [0.25, 0.3) is 0 Å². The lowest BCUT2D eigenvalue weighted by atomic mass is 10.2. The number of carbonyl (C=O) groups is 1. The predicted octanol–water partition coefficient (Wildman–Crippen LogP) is 4.45. The molecule has 3 nitrogen and oxygen atoms in total. The molecule has 0 heterocycles. The van der Waals surface area contributed by atoms with Gasteiger partial charge in [0, 0.05) is 24.0 Å². The van der Waals surface area contributed by atoms with E-state index in [2.05, 4.69) is 5.32 Å². The predicted molar refractivity (Wildman–Crippen MR) is 96.3 cm³/mol. The van der Waals surface area contributed by atoms with E-state index in [-0.39, 0.29) is 5.91 Å². The van der Waals surface area contributed by atoms with Gasteiger partial charge in [0.2, 0.25) is 5.91 Å². The van der Waals surface area contributed by atoms with Crippen LogP contribution in [0.1, 0.15) is 5.56 Å². The van der Waals surface area contributed by atoms with Crippen molar-refractivity contribution < 1.29 is 4.79 Å². The molecule has 2 aromatic carbocycles. The lowest BCUT2D eigenvalue weighted by molar-refractivity contribution is -0.113. The number of hydrogen-bond donors (Lipinski definition) is 1. The molecular weight excluding hydrogens is 316 g/mol. The van der Waals surface area contributed by atoms with Gasteiger partial charge >= 0.3 is 0 Å². The normalized spacial score (nSPS) is 10.4. The van der Waals surface area contributed by atoms with Crippen molar-refractivity contribution in [1.82, 2.24) is 0 Å². The summed E-state index contributed by atoms with van der Waals surface area (Å²) in [5.74, 6) is 0.318. The Morgan fingerprint density at radius 1 is 1.18 bits per heavy atom. The zero-order valence-corrected chi connectivity index (χ0v) is 14.5. The van der Waals surface area contributed by atoms with Crippen LogP contribution in [0.4, 0.5) is 11.4 Å². The summed E-state index contributed by atoms with van der Waals surface area (Å²) in [6.07, 6.45) is 0. The highest BCUT2D eigenvalue weighted by Crippen LogP contribution is 2.28. The number of nitrogens with one attached hydrogen (secondary N) is 1. The summed E-state index contributed by atoms with van der Waals surface area (Å²) < 4.78 is 0. The number of benzene rings is 2. The monoisotopic (exact) mass is 334 g/mol. The van der Waals surface area contributed by atoms with E-state index in [4.69, 9.17) is 11.6 Å². The minimum atomic E-state index is -0.0454. The van der Waals surface area contributed by atoms with Gasteiger partial charge < -0.3 is 10.2 Å². The van der Waals surface area contributed by atoms with Crippen LogP contribution < -0.4 is 10.2 Å². The topological polar surface area (TPSA) is 32.3 Å². The summed E-state index contributed by atoms with van der Waals surface area (Å²) in [6, 6.07) is 13.6. The number of nitrogens with zero attached hydrogens (tertiary/aromatic N) is 1. The van der Waals surface area contributed by atoms with Crippen molar-refractivity contribution in [3.63, 3.8) is 0 Å².